The van der Waals surface area contributed by atoms with Gasteiger partial charge < -0.3 is 10.1 Å². The highest BCUT2D eigenvalue weighted by molar-refractivity contribution is 5.81. The number of rotatable bonds is 4. The lowest BCUT2D eigenvalue weighted by atomic mass is 10.1. The van der Waals surface area contributed by atoms with E-state index in [1.165, 1.54) is 0 Å². The van der Waals surface area contributed by atoms with Gasteiger partial charge in [0.25, 0.3) is 5.91 Å². The molecule has 98 valence electrons. The number of carbonyl (C=O) groups is 2. The maximum Gasteiger partial charge on any atom is 0.258 e. The molecule has 1 N–H and O–H groups in total. The first kappa shape index (κ1) is 14.2. The van der Waals surface area contributed by atoms with Crippen LogP contribution in [0.3, 0.4) is 0 Å². The van der Waals surface area contributed by atoms with Crippen molar-refractivity contribution in [2.24, 2.45) is 0 Å². The number of hydrogen-bond donors (Lipinski definition) is 1. The zero-order chi connectivity index (χ0) is 13.8. The molecular weight excluding hydrogens is 230 g/mol. The Morgan fingerprint density at radius 1 is 1.39 bits per heavy atom. The van der Waals surface area contributed by atoms with Gasteiger partial charge in [0.15, 0.2) is 12.9 Å². The second-order valence-electron chi connectivity index (χ2n) is 5.25. The molecule has 4 nitrogen and oxygen atoms in total. The molecular formula is C14H19NO3. The summed E-state index contributed by atoms with van der Waals surface area (Å²) in [7, 11) is 0. The maximum absolute atomic E-state index is 11.6. The third-order valence-corrected chi connectivity index (χ3v) is 2.17. The van der Waals surface area contributed by atoms with Crippen LogP contribution in [0, 0.1) is 6.92 Å². The van der Waals surface area contributed by atoms with Gasteiger partial charge in [-0.3, -0.25) is 9.59 Å². The molecule has 0 aliphatic rings. The van der Waals surface area contributed by atoms with Crippen LogP contribution in [0.1, 0.15) is 36.7 Å². The molecule has 0 saturated heterocycles. The highest BCUT2D eigenvalue weighted by Crippen LogP contribution is 2.17. The minimum Gasteiger partial charge on any atom is -0.483 e. The van der Waals surface area contributed by atoms with Gasteiger partial charge in [0.2, 0.25) is 0 Å². The van der Waals surface area contributed by atoms with E-state index in [1.807, 2.05) is 33.8 Å². The van der Waals surface area contributed by atoms with E-state index in [0.29, 0.717) is 11.3 Å². The Kier molecular flexibility index (Phi) is 4.48. The Morgan fingerprint density at radius 2 is 2.06 bits per heavy atom. The van der Waals surface area contributed by atoms with Gasteiger partial charge in [-0.25, -0.2) is 0 Å². The van der Waals surface area contributed by atoms with Gasteiger partial charge in [-0.2, -0.15) is 0 Å². The van der Waals surface area contributed by atoms with Crippen LogP contribution in [-0.2, 0) is 4.79 Å². The predicted molar refractivity (Wildman–Crippen MR) is 70.0 cm³/mol. The summed E-state index contributed by atoms with van der Waals surface area (Å²) >= 11 is 0. The van der Waals surface area contributed by atoms with Crippen molar-refractivity contribution in [2.75, 3.05) is 6.61 Å². The first-order chi connectivity index (χ1) is 8.31. The lowest BCUT2D eigenvalue weighted by Gasteiger charge is -2.20. The van der Waals surface area contributed by atoms with E-state index < -0.39 is 0 Å². The molecule has 18 heavy (non-hydrogen) atoms. The number of aldehydes is 1. The lowest BCUT2D eigenvalue weighted by Crippen LogP contribution is -2.43. The van der Waals surface area contributed by atoms with Gasteiger partial charge in [0.1, 0.15) is 5.75 Å². The van der Waals surface area contributed by atoms with Crippen molar-refractivity contribution >= 4 is 12.2 Å². The van der Waals surface area contributed by atoms with E-state index in [4.69, 9.17) is 4.74 Å². The summed E-state index contributed by atoms with van der Waals surface area (Å²) < 4.78 is 5.35. The van der Waals surface area contributed by atoms with E-state index in [2.05, 4.69) is 5.32 Å². The molecule has 0 spiro atoms. The Balaban J connectivity index is 2.64. The van der Waals surface area contributed by atoms with E-state index in [1.54, 1.807) is 12.1 Å². The number of aryl methyl sites for hydroxylation is 1. The quantitative estimate of drug-likeness (QED) is 0.831. The SMILES string of the molecule is Cc1ccc(OCC(=O)NC(C)(C)C)c(C=O)c1. The Hall–Kier alpha value is -1.84. The summed E-state index contributed by atoms with van der Waals surface area (Å²) in [6.45, 7) is 7.49. The van der Waals surface area contributed by atoms with Crippen molar-refractivity contribution in [1.82, 2.24) is 5.32 Å². The number of benzene rings is 1. The molecule has 0 bridgehead atoms. The van der Waals surface area contributed by atoms with Crippen molar-refractivity contribution in [3.05, 3.63) is 29.3 Å². The molecule has 0 unspecified atom stereocenters. The number of hydrogen-bond acceptors (Lipinski definition) is 3. The third-order valence-electron chi connectivity index (χ3n) is 2.17. The van der Waals surface area contributed by atoms with Crippen molar-refractivity contribution in [3.63, 3.8) is 0 Å². The fraction of sp³-hybridized carbons (Fsp3) is 0.429. The van der Waals surface area contributed by atoms with Crippen LogP contribution < -0.4 is 10.1 Å². The lowest BCUT2D eigenvalue weighted by molar-refractivity contribution is -0.124. The smallest absolute Gasteiger partial charge is 0.258 e. The highest BCUT2D eigenvalue weighted by atomic mass is 16.5. The standard InChI is InChI=1S/C14H19NO3/c1-10-5-6-12(11(7-10)8-16)18-9-13(17)15-14(2,3)4/h5-8H,9H2,1-4H3,(H,15,17). The molecule has 1 aromatic carbocycles. The van der Waals surface area contributed by atoms with Crippen LogP contribution in [0.5, 0.6) is 5.75 Å². The molecule has 0 aliphatic carbocycles. The average molecular weight is 249 g/mol. The molecule has 0 heterocycles. The second-order valence-corrected chi connectivity index (χ2v) is 5.25. The summed E-state index contributed by atoms with van der Waals surface area (Å²) in [4.78, 5) is 22.4. The van der Waals surface area contributed by atoms with Crippen molar-refractivity contribution < 1.29 is 14.3 Å². The van der Waals surface area contributed by atoms with Crippen LogP contribution >= 0.6 is 0 Å². The molecule has 1 amide bonds. The summed E-state index contributed by atoms with van der Waals surface area (Å²) in [6, 6.07) is 5.26. The van der Waals surface area contributed by atoms with Gasteiger partial charge in [0, 0.05) is 5.54 Å². The maximum atomic E-state index is 11.6. The molecule has 1 aromatic rings. The minimum absolute atomic E-state index is 0.0961. The Labute approximate surface area is 107 Å². The van der Waals surface area contributed by atoms with Crippen LogP contribution in [0.4, 0.5) is 0 Å². The number of ether oxygens (including phenoxy) is 1. The number of carbonyl (C=O) groups excluding carboxylic acids is 2. The van der Waals surface area contributed by atoms with Gasteiger partial charge in [-0.05, 0) is 39.8 Å². The molecule has 0 radical (unpaired) electrons. The van der Waals surface area contributed by atoms with Crippen LogP contribution in [0.25, 0.3) is 0 Å². The minimum atomic E-state index is -0.290. The van der Waals surface area contributed by atoms with Crippen molar-refractivity contribution in [1.29, 1.82) is 0 Å². The Bertz CT molecular complexity index is 447. The average Bonchev–Trinajstić information content (AvgIpc) is 2.24. The molecule has 0 aromatic heterocycles. The zero-order valence-corrected chi connectivity index (χ0v) is 11.2. The second kappa shape index (κ2) is 5.67. The molecule has 0 aliphatic heterocycles. The number of amides is 1. The molecule has 0 atom stereocenters. The first-order valence-corrected chi connectivity index (χ1v) is 5.81. The molecule has 1 rings (SSSR count). The van der Waals surface area contributed by atoms with Gasteiger partial charge in [0.05, 0.1) is 5.56 Å². The van der Waals surface area contributed by atoms with Gasteiger partial charge in [-0.15, -0.1) is 0 Å². The van der Waals surface area contributed by atoms with Crippen molar-refractivity contribution in [2.45, 2.75) is 33.2 Å². The van der Waals surface area contributed by atoms with Crippen molar-refractivity contribution in [3.8, 4) is 5.75 Å². The summed E-state index contributed by atoms with van der Waals surface area (Å²) in [5, 5.41) is 2.79. The topological polar surface area (TPSA) is 55.4 Å². The fourth-order valence-corrected chi connectivity index (χ4v) is 1.49. The largest absolute Gasteiger partial charge is 0.483 e. The monoisotopic (exact) mass is 249 g/mol. The molecule has 4 heteroatoms. The summed E-state index contributed by atoms with van der Waals surface area (Å²) in [5.74, 6) is 0.222. The first-order valence-electron chi connectivity index (χ1n) is 5.81. The van der Waals surface area contributed by atoms with E-state index in [0.717, 1.165) is 11.8 Å². The van der Waals surface area contributed by atoms with E-state index in [9.17, 15) is 9.59 Å². The van der Waals surface area contributed by atoms with E-state index in [-0.39, 0.29) is 18.1 Å². The number of nitrogens with one attached hydrogen (secondary N) is 1. The fourth-order valence-electron chi connectivity index (χ4n) is 1.49. The molecule has 0 fully saturated rings. The normalized spacial score (nSPS) is 10.9. The van der Waals surface area contributed by atoms with E-state index >= 15 is 0 Å². The summed E-state index contributed by atoms with van der Waals surface area (Å²) in [6.07, 6.45) is 0.726. The third kappa shape index (κ3) is 4.57. The highest BCUT2D eigenvalue weighted by Gasteiger charge is 2.14. The summed E-state index contributed by atoms with van der Waals surface area (Å²) in [5.41, 5.74) is 1.14. The molecule has 0 saturated carbocycles. The predicted octanol–water partition coefficient (Wildman–Crippen LogP) is 2.10. The van der Waals surface area contributed by atoms with Gasteiger partial charge in [-0.1, -0.05) is 11.6 Å². The van der Waals surface area contributed by atoms with Gasteiger partial charge >= 0.3 is 0 Å². The zero-order valence-electron chi connectivity index (χ0n) is 11.2. The van der Waals surface area contributed by atoms with Crippen LogP contribution in [0.15, 0.2) is 18.2 Å². The Morgan fingerprint density at radius 3 is 2.61 bits per heavy atom. The van der Waals surface area contributed by atoms with Crippen LogP contribution in [-0.4, -0.2) is 24.3 Å². The van der Waals surface area contributed by atoms with Crippen LogP contribution in [0.2, 0.25) is 0 Å².